The Bertz CT molecular complexity index is 1240. The summed E-state index contributed by atoms with van der Waals surface area (Å²) in [4.78, 5) is 50.2. The average Bonchev–Trinajstić information content (AvgIpc) is 2.52. The van der Waals surface area contributed by atoms with Gasteiger partial charge < -0.3 is 0 Å². The molecule has 0 bridgehead atoms. The van der Waals surface area contributed by atoms with Gasteiger partial charge in [0.05, 0.1) is 0 Å². The summed E-state index contributed by atoms with van der Waals surface area (Å²) in [5.74, 6) is 0. The Morgan fingerprint density at radius 3 is 1.77 bits per heavy atom. The van der Waals surface area contributed by atoms with E-state index in [1.807, 2.05) is 34.6 Å². The highest BCUT2D eigenvalue weighted by Crippen LogP contribution is 2.41. The maximum atomic E-state index is 12.8. The van der Waals surface area contributed by atoms with E-state index in [9.17, 15) is 19.2 Å². The Labute approximate surface area is 154 Å². The minimum absolute atomic E-state index is 0.138. The Morgan fingerprint density at radius 1 is 0.769 bits per heavy atom. The third-order valence-electron chi connectivity index (χ3n) is 4.34. The van der Waals surface area contributed by atoms with Gasteiger partial charge in [0, 0.05) is 26.3 Å². The molecule has 26 heavy (non-hydrogen) atoms. The Hall–Kier alpha value is -2.27. The van der Waals surface area contributed by atoms with Crippen molar-refractivity contribution in [2.45, 2.75) is 50.2 Å². The van der Waals surface area contributed by atoms with Crippen LogP contribution in [-0.4, -0.2) is 5.25 Å². The van der Waals surface area contributed by atoms with Crippen molar-refractivity contribution in [3.8, 4) is 0 Å². The van der Waals surface area contributed by atoms with Gasteiger partial charge in [0.15, 0.2) is 0 Å². The fraction of sp³-hybridized carbons (Fsp3) is 0.333. The molecule has 3 aromatic carbocycles. The zero-order valence-corrected chi connectivity index (χ0v) is 16.2. The number of fused-ring (bicyclic) bond motifs is 2. The first-order chi connectivity index (χ1) is 12.0. The second-order valence-corrected chi connectivity index (χ2v) is 9.34. The molecule has 0 spiro atoms. The standard InChI is InChI=1S/C21H20O4S/c1-10(2)26-20-12-7-9-13(22)18(24)15(12)17(21(3,4)5)11-6-8-14(23)19(25)16(11)20/h6-10H,1-5H3. The van der Waals surface area contributed by atoms with Gasteiger partial charge in [0.1, 0.15) is 0 Å². The fourth-order valence-electron chi connectivity index (χ4n) is 3.40. The van der Waals surface area contributed by atoms with Gasteiger partial charge in [-0.2, -0.15) is 0 Å². The molecule has 0 aliphatic rings. The predicted octanol–water partition coefficient (Wildman–Crippen LogP) is 3.11. The molecule has 0 aliphatic heterocycles. The number of hydrogen-bond acceptors (Lipinski definition) is 5. The van der Waals surface area contributed by atoms with Gasteiger partial charge in [-0.15, -0.1) is 11.8 Å². The predicted molar refractivity (Wildman–Crippen MR) is 109 cm³/mol. The zero-order valence-electron chi connectivity index (χ0n) is 15.4. The summed E-state index contributed by atoms with van der Waals surface area (Å²) >= 11 is 1.43. The summed E-state index contributed by atoms with van der Waals surface area (Å²) < 4.78 is 0. The summed E-state index contributed by atoms with van der Waals surface area (Å²) in [6.45, 7) is 9.76. The molecule has 5 heteroatoms. The van der Waals surface area contributed by atoms with Crippen LogP contribution in [0.25, 0.3) is 21.5 Å². The van der Waals surface area contributed by atoms with Crippen LogP contribution in [0.15, 0.2) is 48.3 Å². The van der Waals surface area contributed by atoms with Crippen LogP contribution in [0, 0.1) is 0 Å². The Balaban J connectivity index is 2.81. The molecule has 0 unspecified atom stereocenters. The summed E-state index contributed by atoms with van der Waals surface area (Å²) in [5, 5.41) is 2.01. The van der Waals surface area contributed by atoms with Crippen LogP contribution in [-0.2, 0) is 5.41 Å². The molecule has 0 heterocycles. The van der Waals surface area contributed by atoms with E-state index in [1.165, 1.54) is 23.9 Å². The maximum absolute atomic E-state index is 12.8. The van der Waals surface area contributed by atoms with Crippen LogP contribution >= 0.6 is 11.8 Å². The largest absolute Gasteiger partial charge is 0.286 e. The van der Waals surface area contributed by atoms with Crippen LogP contribution in [0.3, 0.4) is 0 Å². The molecule has 0 fully saturated rings. The molecule has 0 saturated carbocycles. The van der Waals surface area contributed by atoms with Crippen molar-refractivity contribution < 1.29 is 0 Å². The molecule has 134 valence electrons. The highest BCUT2D eigenvalue weighted by Gasteiger charge is 2.27. The van der Waals surface area contributed by atoms with Crippen LogP contribution < -0.4 is 21.7 Å². The number of thioether (sulfide) groups is 1. The quantitative estimate of drug-likeness (QED) is 0.395. The molecule has 0 aliphatic carbocycles. The fourth-order valence-corrected chi connectivity index (χ4v) is 4.49. The van der Waals surface area contributed by atoms with E-state index in [0.717, 1.165) is 0 Å². The van der Waals surface area contributed by atoms with E-state index < -0.39 is 27.1 Å². The van der Waals surface area contributed by atoms with Crippen LogP contribution in [0.2, 0.25) is 0 Å². The van der Waals surface area contributed by atoms with Crippen molar-refractivity contribution in [1.82, 2.24) is 0 Å². The van der Waals surface area contributed by atoms with E-state index in [2.05, 4.69) is 0 Å². The summed E-state index contributed by atoms with van der Waals surface area (Å²) in [6, 6.07) is 5.72. The molecular weight excluding hydrogens is 348 g/mol. The molecule has 3 rings (SSSR count). The lowest BCUT2D eigenvalue weighted by molar-refractivity contribution is 0.601. The molecule has 0 radical (unpaired) electrons. The summed E-state index contributed by atoms with van der Waals surface area (Å²) in [5.41, 5.74) is -2.08. The van der Waals surface area contributed by atoms with Crippen molar-refractivity contribution >= 4 is 33.3 Å². The highest BCUT2D eigenvalue weighted by molar-refractivity contribution is 8.00. The van der Waals surface area contributed by atoms with Crippen LogP contribution in [0.5, 0.6) is 0 Å². The lowest BCUT2D eigenvalue weighted by Crippen LogP contribution is -2.29. The van der Waals surface area contributed by atoms with Crippen molar-refractivity contribution in [2.75, 3.05) is 0 Å². The van der Waals surface area contributed by atoms with Crippen molar-refractivity contribution in [3.63, 3.8) is 0 Å². The zero-order chi connectivity index (χ0) is 19.4. The van der Waals surface area contributed by atoms with Gasteiger partial charge in [-0.05, 0) is 40.6 Å². The van der Waals surface area contributed by atoms with Gasteiger partial charge in [0.25, 0.3) is 0 Å². The Morgan fingerprint density at radius 2 is 1.27 bits per heavy atom. The molecule has 0 aromatic heterocycles. The van der Waals surface area contributed by atoms with Crippen molar-refractivity contribution in [1.29, 1.82) is 0 Å². The average molecular weight is 368 g/mol. The van der Waals surface area contributed by atoms with Crippen LogP contribution in [0.1, 0.15) is 40.2 Å². The SMILES string of the molecule is CC(C)Sc1c2ccc(=O)c(=O)c2c(C(C)(C)C)c2ccc(=O)c(=O)c12. The first kappa shape index (κ1) is 18.5. The second kappa shape index (κ2) is 6.16. The third kappa shape index (κ3) is 2.80. The van der Waals surface area contributed by atoms with Gasteiger partial charge in [-0.25, -0.2) is 0 Å². The molecule has 0 atom stereocenters. The molecule has 0 saturated heterocycles. The van der Waals surface area contributed by atoms with Crippen LogP contribution in [0.4, 0.5) is 0 Å². The molecule has 4 nitrogen and oxygen atoms in total. The monoisotopic (exact) mass is 368 g/mol. The summed E-state index contributed by atoms with van der Waals surface area (Å²) in [6.07, 6.45) is 0. The van der Waals surface area contributed by atoms with Gasteiger partial charge >= 0.3 is 0 Å². The number of rotatable bonds is 2. The van der Waals surface area contributed by atoms with E-state index in [1.54, 1.807) is 12.1 Å². The van der Waals surface area contributed by atoms with E-state index in [0.29, 0.717) is 32.0 Å². The molecule has 0 N–H and O–H groups in total. The van der Waals surface area contributed by atoms with E-state index in [-0.39, 0.29) is 5.25 Å². The van der Waals surface area contributed by atoms with Gasteiger partial charge in [-0.3, -0.25) is 19.2 Å². The number of hydrogen-bond donors (Lipinski definition) is 0. The highest BCUT2D eigenvalue weighted by atomic mass is 32.2. The van der Waals surface area contributed by atoms with Crippen molar-refractivity contribution in [3.05, 3.63) is 70.7 Å². The normalized spacial score (nSPS) is 12.4. The smallest absolute Gasteiger partial charge is 0.234 e. The van der Waals surface area contributed by atoms with Gasteiger partial charge in [-0.1, -0.05) is 34.6 Å². The van der Waals surface area contributed by atoms with E-state index in [4.69, 9.17) is 0 Å². The Kier molecular flexibility index (Phi) is 4.39. The first-order valence-corrected chi connectivity index (χ1v) is 9.36. The first-order valence-electron chi connectivity index (χ1n) is 8.48. The minimum atomic E-state index is -0.565. The maximum Gasteiger partial charge on any atom is 0.234 e. The molecule has 3 aromatic rings. The molecular formula is C21H20O4S. The lowest BCUT2D eigenvalue weighted by Gasteiger charge is -2.25. The molecule has 0 amide bonds. The second-order valence-electron chi connectivity index (χ2n) is 7.75. The van der Waals surface area contributed by atoms with E-state index >= 15 is 0 Å². The van der Waals surface area contributed by atoms with Gasteiger partial charge in [0.2, 0.25) is 21.7 Å². The van der Waals surface area contributed by atoms with Crippen molar-refractivity contribution in [2.24, 2.45) is 0 Å². The third-order valence-corrected chi connectivity index (χ3v) is 5.47. The minimum Gasteiger partial charge on any atom is -0.286 e. The number of benzene rings is 3. The topological polar surface area (TPSA) is 68.3 Å². The summed E-state index contributed by atoms with van der Waals surface area (Å²) in [7, 11) is 0. The lowest BCUT2D eigenvalue weighted by atomic mass is 9.80.